The van der Waals surface area contributed by atoms with Crippen LogP contribution >= 0.6 is 23.1 Å². The van der Waals surface area contributed by atoms with Gasteiger partial charge in [0.2, 0.25) is 0 Å². The lowest BCUT2D eigenvalue weighted by Crippen LogP contribution is -2.07. The van der Waals surface area contributed by atoms with Crippen molar-refractivity contribution in [2.45, 2.75) is 57.1 Å². The Balaban J connectivity index is 1.45. The van der Waals surface area contributed by atoms with Crippen molar-refractivity contribution in [2.24, 2.45) is 5.92 Å². The molecule has 0 N–H and O–H groups in total. The summed E-state index contributed by atoms with van der Waals surface area (Å²) < 4.78 is 7.66. The van der Waals surface area contributed by atoms with E-state index in [2.05, 4.69) is 45.6 Å². The Morgan fingerprint density at radius 1 is 1.36 bits per heavy atom. The van der Waals surface area contributed by atoms with Gasteiger partial charge in [0.05, 0.1) is 10.6 Å². The first-order valence-corrected chi connectivity index (χ1v) is 10.4. The molecule has 0 bridgehead atoms. The van der Waals surface area contributed by atoms with Gasteiger partial charge in [-0.05, 0) is 53.7 Å². The van der Waals surface area contributed by atoms with Gasteiger partial charge in [-0.1, -0.05) is 25.6 Å². The number of rotatable bonds is 6. The maximum absolute atomic E-state index is 5.85. The lowest BCUT2D eigenvalue weighted by Gasteiger charge is -2.16. The summed E-state index contributed by atoms with van der Waals surface area (Å²) in [6, 6.07) is 2.22. The second-order valence-electron chi connectivity index (χ2n) is 6.39. The van der Waals surface area contributed by atoms with Crippen LogP contribution in [0.4, 0.5) is 0 Å². The molecule has 3 heterocycles. The number of fused-ring (bicyclic) bond motifs is 1. The SMILES string of the molecule is CCCn1nnnc1CSc1nnc(-c2cc3c(s2)CCC(C)C3)o1. The Hall–Kier alpha value is -1.74. The van der Waals surface area contributed by atoms with Crippen LogP contribution in [0.15, 0.2) is 15.7 Å². The van der Waals surface area contributed by atoms with Gasteiger partial charge in [0, 0.05) is 11.4 Å². The van der Waals surface area contributed by atoms with E-state index in [4.69, 9.17) is 4.42 Å². The maximum Gasteiger partial charge on any atom is 0.277 e. The van der Waals surface area contributed by atoms with Gasteiger partial charge in [-0.25, -0.2) is 4.68 Å². The average Bonchev–Trinajstić information content (AvgIpc) is 3.32. The highest BCUT2D eigenvalue weighted by molar-refractivity contribution is 7.98. The number of aryl methyl sites for hydroxylation is 2. The average molecular weight is 377 g/mol. The molecule has 1 unspecified atom stereocenters. The zero-order chi connectivity index (χ0) is 17.2. The van der Waals surface area contributed by atoms with Gasteiger partial charge in [-0.15, -0.1) is 26.6 Å². The fourth-order valence-corrected chi connectivity index (χ4v) is 4.84. The van der Waals surface area contributed by atoms with Crippen LogP contribution in [-0.2, 0) is 25.1 Å². The van der Waals surface area contributed by atoms with Crippen LogP contribution in [0, 0.1) is 5.92 Å². The molecule has 0 radical (unpaired) electrons. The summed E-state index contributed by atoms with van der Waals surface area (Å²) in [4.78, 5) is 2.55. The molecule has 3 aromatic rings. The van der Waals surface area contributed by atoms with Crippen molar-refractivity contribution >= 4 is 23.1 Å². The number of hydrogen-bond donors (Lipinski definition) is 0. The summed E-state index contributed by atoms with van der Waals surface area (Å²) >= 11 is 3.26. The lowest BCUT2D eigenvalue weighted by atomic mass is 9.90. The molecule has 0 saturated carbocycles. The third-order valence-electron chi connectivity index (χ3n) is 4.31. The molecule has 1 aliphatic carbocycles. The van der Waals surface area contributed by atoms with Gasteiger partial charge in [-0.3, -0.25) is 0 Å². The summed E-state index contributed by atoms with van der Waals surface area (Å²) in [5.74, 6) is 2.82. The number of thioether (sulfide) groups is 1. The molecule has 0 saturated heterocycles. The molecule has 0 aromatic carbocycles. The molecular formula is C16H20N6OS2. The molecule has 4 rings (SSSR count). The van der Waals surface area contributed by atoms with E-state index in [0.29, 0.717) is 16.9 Å². The van der Waals surface area contributed by atoms with Gasteiger partial charge < -0.3 is 4.42 Å². The molecule has 1 atom stereocenters. The minimum absolute atomic E-state index is 0.556. The second kappa shape index (κ2) is 7.25. The van der Waals surface area contributed by atoms with Crippen LogP contribution in [-0.4, -0.2) is 30.4 Å². The monoisotopic (exact) mass is 376 g/mol. The fourth-order valence-electron chi connectivity index (χ4n) is 3.02. The van der Waals surface area contributed by atoms with E-state index >= 15 is 0 Å². The maximum atomic E-state index is 5.85. The van der Waals surface area contributed by atoms with E-state index in [1.807, 2.05) is 4.68 Å². The molecule has 0 amide bonds. The molecular weight excluding hydrogens is 356 g/mol. The van der Waals surface area contributed by atoms with Crippen LogP contribution < -0.4 is 0 Å². The zero-order valence-electron chi connectivity index (χ0n) is 14.3. The van der Waals surface area contributed by atoms with Gasteiger partial charge in [0.1, 0.15) is 0 Å². The topological polar surface area (TPSA) is 82.5 Å². The molecule has 1 aliphatic rings. The van der Waals surface area contributed by atoms with Gasteiger partial charge in [0.25, 0.3) is 11.1 Å². The van der Waals surface area contributed by atoms with E-state index in [0.717, 1.165) is 42.4 Å². The Labute approximate surface area is 154 Å². The summed E-state index contributed by atoms with van der Waals surface area (Å²) in [6.45, 7) is 5.23. The predicted molar refractivity (Wildman–Crippen MR) is 96.5 cm³/mol. The molecule has 25 heavy (non-hydrogen) atoms. The quantitative estimate of drug-likeness (QED) is 0.608. The van der Waals surface area contributed by atoms with Crippen LogP contribution in [0.3, 0.4) is 0 Å². The number of thiophene rings is 1. The Morgan fingerprint density at radius 3 is 3.16 bits per heavy atom. The van der Waals surface area contributed by atoms with Gasteiger partial charge >= 0.3 is 0 Å². The highest BCUT2D eigenvalue weighted by atomic mass is 32.2. The minimum Gasteiger partial charge on any atom is -0.410 e. The molecule has 0 spiro atoms. The molecule has 3 aromatic heterocycles. The Kier molecular flexibility index (Phi) is 4.85. The molecule has 0 fully saturated rings. The van der Waals surface area contributed by atoms with Crippen molar-refractivity contribution in [1.82, 2.24) is 30.4 Å². The molecule has 9 heteroatoms. The number of tetrazole rings is 1. The highest BCUT2D eigenvalue weighted by Gasteiger charge is 2.21. The largest absolute Gasteiger partial charge is 0.410 e. The first-order valence-electron chi connectivity index (χ1n) is 8.56. The lowest BCUT2D eigenvalue weighted by molar-refractivity contribution is 0.466. The molecule has 7 nitrogen and oxygen atoms in total. The first-order chi connectivity index (χ1) is 12.2. The zero-order valence-corrected chi connectivity index (χ0v) is 15.9. The van der Waals surface area contributed by atoms with Crippen molar-refractivity contribution in [3.05, 3.63) is 22.3 Å². The normalized spacial score (nSPS) is 17.0. The van der Waals surface area contributed by atoms with Crippen molar-refractivity contribution in [1.29, 1.82) is 0 Å². The predicted octanol–water partition coefficient (Wildman–Crippen LogP) is 3.61. The summed E-state index contributed by atoms with van der Waals surface area (Å²) in [5, 5.41) is 20.7. The number of aromatic nitrogens is 6. The van der Waals surface area contributed by atoms with E-state index in [9.17, 15) is 0 Å². The van der Waals surface area contributed by atoms with E-state index < -0.39 is 0 Å². The third kappa shape index (κ3) is 3.62. The highest BCUT2D eigenvalue weighted by Crippen LogP contribution is 2.37. The first kappa shape index (κ1) is 16.7. The fraction of sp³-hybridized carbons (Fsp3) is 0.562. The van der Waals surface area contributed by atoms with Gasteiger partial charge in [-0.2, -0.15) is 0 Å². The van der Waals surface area contributed by atoms with Gasteiger partial charge in [0.15, 0.2) is 5.82 Å². The van der Waals surface area contributed by atoms with Crippen LogP contribution in [0.5, 0.6) is 0 Å². The third-order valence-corrected chi connectivity index (χ3v) is 6.35. The minimum atomic E-state index is 0.556. The molecule has 0 aliphatic heterocycles. The summed E-state index contributed by atoms with van der Waals surface area (Å²) in [6.07, 6.45) is 4.58. The smallest absolute Gasteiger partial charge is 0.277 e. The van der Waals surface area contributed by atoms with Crippen molar-refractivity contribution in [3.63, 3.8) is 0 Å². The van der Waals surface area contributed by atoms with E-state index in [1.54, 1.807) is 11.3 Å². The summed E-state index contributed by atoms with van der Waals surface area (Å²) in [5.41, 5.74) is 1.45. The summed E-state index contributed by atoms with van der Waals surface area (Å²) in [7, 11) is 0. The standard InChI is InChI=1S/C16H20N6OS2/c1-3-6-22-14(17-20-21-22)9-24-16-19-18-15(23-16)13-8-11-7-10(2)4-5-12(11)25-13/h8,10H,3-7,9H2,1-2H3. The van der Waals surface area contributed by atoms with Crippen LogP contribution in [0.25, 0.3) is 10.8 Å². The Morgan fingerprint density at radius 2 is 2.28 bits per heavy atom. The van der Waals surface area contributed by atoms with Crippen LogP contribution in [0.1, 0.15) is 43.0 Å². The second-order valence-corrected chi connectivity index (χ2v) is 8.45. The van der Waals surface area contributed by atoms with E-state index in [-0.39, 0.29) is 0 Å². The number of nitrogens with zero attached hydrogens (tertiary/aromatic N) is 6. The number of hydrogen-bond acceptors (Lipinski definition) is 8. The Bertz CT molecular complexity index is 855. The van der Waals surface area contributed by atoms with E-state index in [1.165, 1.54) is 28.6 Å². The van der Waals surface area contributed by atoms with Crippen molar-refractivity contribution in [3.8, 4) is 10.8 Å². The van der Waals surface area contributed by atoms with Crippen molar-refractivity contribution < 1.29 is 4.42 Å². The van der Waals surface area contributed by atoms with Crippen molar-refractivity contribution in [2.75, 3.05) is 0 Å². The van der Waals surface area contributed by atoms with Crippen LogP contribution in [0.2, 0.25) is 0 Å². The molecule has 132 valence electrons.